The quantitative estimate of drug-likeness (QED) is 0.0469. The molecule has 0 saturated carbocycles. The third-order valence-electron chi connectivity index (χ3n) is 9.79. The fraction of sp³-hybridized carbons (Fsp3) is 0.275. The zero-order chi connectivity index (χ0) is 39.2. The van der Waals surface area contributed by atoms with Crippen molar-refractivity contribution in [1.29, 1.82) is 0 Å². The van der Waals surface area contributed by atoms with Gasteiger partial charge in [0.15, 0.2) is 0 Å². The molecule has 56 heavy (non-hydrogen) atoms. The second kappa shape index (κ2) is 19.7. The molecule has 0 spiro atoms. The second-order valence-electron chi connectivity index (χ2n) is 14.3. The number of rotatable bonds is 19. The Labute approximate surface area is 333 Å². The van der Waals surface area contributed by atoms with E-state index in [0.29, 0.717) is 34.1 Å². The predicted molar refractivity (Wildman–Crippen MR) is 227 cm³/mol. The Morgan fingerprint density at radius 2 is 0.768 bits per heavy atom. The molecule has 0 fully saturated rings. The molecule has 5 heteroatoms. The molecular formula is C51H54O5. The topological polar surface area (TPSA) is 54.0 Å². The second-order valence-corrected chi connectivity index (χ2v) is 14.3. The molecule has 0 aromatic heterocycles. The van der Waals surface area contributed by atoms with Crippen LogP contribution in [0.5, 0.6) is 23.0 Å². The fourth-order valence-electron chi connectivity index (χ4n) is 6.68. The molecule has 6 aromatic carbocycles. The summed E-state index contributed by atoms with van der Waals surface area (Å²) in [6.07, 6.45) is 9.45. The highest BCUT2D eigenvalue weighted by atomic mass is 16.9. The highest BCUT2D eigenvalue weighted by molar-refractivity contribution is 5.91. The Morgan fingerprint density at radius 3 is 1.14 bits per heavy atom. The van der Waals surface area contributed by atoms with Gasteiger partial charge in [0.2, 0.25) is 0 Å². The lowest BCUT2D eigenvalue weighted by atomic mass is 10.0. The number of carbonyl (C=O) groups is 1. The third kappa shape index (κ3) is 10.7. The van der Waals surface area contributed by atoms with Crippen LogP contribution in [0, 0.1) is 0 Å². The predicted octanol–water partition coefficient (Wildman–Crippen LogP) is 13.1. The standard InChI is InChI=1S/C51H54O5/c1-5-9-13-41-14-30-46(31-15-41)53-50(52)44-24-22-42(23-25-44)43-26-28-45(29-27-43)51(54-47-32-16-38(10-6-2)17-33-47,55-48-34-18-39(11-7-3)19-35-48)56-49-36-20-40(12-8-4)21-37-49/h14-37H,5-13H2,1-4H3. The van der Waals surface area contributed by atoms with Gasteiger partial charge >= 0.3 is 11.9 Å². The van der Waals surface area contributed by atoms with E-state index < -0.39 is 11.9 Å². The number of unbranched alkanes of at least 4 members (excludes halogenated alkanes) is 1. The number of ether oxygens (including phenoxy) is 4. The minimum Gasteiger partial charge on any atom is -0.423 e. The molecule has 5 nitrogen and oxygen atoms in total. The number of carbonyl (C=O) groups excluding carboxylic acids is 1. The van der Waals surface area contributed by atoms with Gasteiger partial charge in [0.1, 0.15) is 23.0 Å². The summed E-state index contributed by atoms with van der Waals surface area (Å²) in [4.78, 5) is 13.0. The Morgan fingerprint density at radius 1 is 0.411 bits per heavy atom. The number of benzene rings is 6. The average Bonchev–Trinajstić information content (AvgIpc) is 3.23. The van der Waals surface area contributed by atoms with E-state index in [-0.39, 0.29) is 0 Å². The van der Waals surface area contributed by atoms with Gasteiger partial charge in [-0.05, 0) is 138 Å². The molecule has 288 valence electrons. The normalized spacial score (nSPS) is 11.2. The molecule has 0 aliphatic carbocycles. The van der Waals surface area contributed by atoms with Crippen molar-refractivity contribution in [2.75, 3.05) is 0 Å². The van der Waals surface area contributed by atoms with Crippen LogP contribution in [-0.4, -0.2) is 5.97 Å². The summed E-state index contributed by atoms with van der Waals surface area (Å²) in [6.45, 7) is 8.71. The van der Waals surface area contributed by atoms with Crippen LogP contribution in [0.25, 0.3) is 11.1 Å². The summed E-state index contributed by atoms with van der Waals surface area (Å²) < 4.78 is 26.2. The van der Waals surface area contributed by atoms with E-state index in [1.165, 1.54) is 22.3 Å². The Kier molecular flexibility index (Phi) is 14.0. The molecule has 0 amide bonds. The lowest BCUT2D eigenvalue weighted by Crippen LogP contribution is -2.45. The van der Waals surface area contributed by atoms with Crippen LogP contribution >= 0.6 is 0 Å². The van der Waals surface area contributed by atoms with Crippen LogP contribution in [0.2, 0.25) is 0 Å². The molecule has 0 heterocycles. The average molecular weight is 747 g/mol. The molecule has 0 saturated heterocycles. The molecule has 0 atom stereocenters. The SMILES string of the molecule is CCCCc1ccc(OC(=O)c2ccc(-c3ccc(C(Oc4ccc(CCC)cc4)(Oc4ccc(CCC)cc4)Oc4ccc(CCC)cc4)cc3)cc2)cc1. The van der Waals surface area contributed by atoms with E-state index in [9.17, 15) is 4.79 Å². The van der Waals surface area contributed by atoms with Crippen molar-refractivity contribution in [1.82, 2.24) is 0 Å². The summed E-state index contributed by atoms with van der Waals surface area (Å²) in [5.41, 5.74) is 8.03. The van der Waals surface area contributed by atoms with Gasteiger partial charge in [0.25, 0.3) is 0 Å². The number of hydrogen-bond donors (Lipinski definition) is 0. The van der Waals surface area contributed by atoms with Crippen LogP contribution in [0.4, 0.5) is 0 Å². The first-order valence-electron chi connectivity index (χ1n) is 20.3. The zero-order valence-electron chi connectivity index (χ0n) is 33.3. The highest BCUT2D eigenvalue weighted by Gasteiger charge is 2.42. The number of esters is 1. The molecule has 0 bridgehead atoms. The monoisotopic (exact) mass is 746 g/mol. The summed E-state index contributed by atoms with van der Waals surface area (Å²) in [6, 6.07) is 47.6. The fourth-order valence-corrected chi connectivity index (χ4v) is 6.68. The van der Waals surface area contributed by atoms with Gasteiger partial charge in [0.05, 0.1) is 11.1 Å². The lowest BCUT2D eigenvalue weighted by molar-refractivity contribution is -0.263. The molecular weight excluding hydrogens is 693 g/mol. The van der Waals surface area contributed by atoms with E-state index in [0.717, 1.165) is 68.9 Å². The molecule has 0 aliphatic rings. The van der Waals surface area contributed by atoms with E-state index in [2.05, 4.69) is 64.1 Å². The van der Waals surface area contributed by atoms with Crippen LogP contribution in [-0.2, 0) is 31.7 Å². The summed E-state index contributed by atoms with van der Waals surface area (Å²) in [7, 11) is 0. The van der Waals surface area contributed by atoms with Gasteiger partial charge in [-0.25, -0.2) is 4.79 Å². The largest absolute Gasteiger partial charge is 0.447 e. The van der Waals surface area contributed by atoms with Crippen LogP contribution in [0.15, 0.2) is 146 Å². The number of hydrogen-bond acceptors (Lipinski definition) is 5. The summed E-state index contributed by atoms with van der Waals surface area (Å²) >= 11 is 0. The van der Waals surface area contributed by atoms with Crippen LogP contribution < -0.4 is 18.9 Å². The zero-order valence-corrected chi connectivity index (χ0v) is 33.3. The van der Waals surface area contributed by atoms with Crippen molar-refractivity contribution in [2.24, 2.45) is 0 Å². The third-order valence-corrected chi connectivity index (χ3v) is 9.79. The smallest absolute Gasteiger partial charge is 0.423 e. The molecule has 0 radical (unpaired) electrons. The van der Waals surface area contributed by atoms with Crippen molar-refractivity contribution >= 4 is 5.97 Å². The van der Waals surface area contributed by atoms with Gasteiger partial charge in [-0.2, -0.15) is 0 Å². The van der Waals surface area contributed by atoms with Crippen molar-refractivity contribution in [3.8, 4) is 34.1 Å². The van der Waals surface area contributed by atoms with Crippen molar-refractivity contribution in [2.45, 2.75) is 91.5 Å². The van der Waals surface area contributed by atoms with E-state index >= 15 is 0 Å². The molecule has 6 rings (SSSR count). The van der Waals surface area contributed by atoms with E-state index in [4.69, 9.17) is 18.9 Å². The molecule has 6 aromatic rings. The maximum absolute atomic E-state index is 13.0. The van der Waals surface area contributed by atoms with Gasteiger partial charge in [-0.15, -0.1) is 0 Å². The van der Waals surface area contributed by atoms with Crippen LogP contribution in [0.1, 0.15) is 98.0 Å². The minimum atomic E-state index is -1.68. The molecule has 0 N–H and O–H groups in total. The van der Waals surface area contributed by atoms with Crippen molar-refractivity contribution in [3.05, 3.63) is 179 Å². The highest BCUT2D eigenvalue weighted by Crippen LogP contribution is 2.36. The Hall–Kier alpha value is -5.81. The van der Waals surface area contributed by atoms with E-state index in [1.54, 1.807) is 12.1 Å². The maximum atomic E-state index is 13.0. The van der Waals surface area contributed by atoms with Crippen LogP contribution in [0.3, 0.4) is 0 Å². The van der Waals surface area contributed by atoms with Gasteiger partial charge in [-0.1, -0.05) is 126 Å². The van der Waals surface area contributed by atoms with Gasteiger partial charge in [0, 0.05) is 0 Å². The minimum absolute atomic E-state index is 0.391. The maximum Gasteiger partial charge on any atom is 0.447 e. The van der Waals surface area contributed by atoms with E-state index in [1.807, 2.05) is 97.1 Å². The first-order chi connectivity index (χ1) is 27.4. The Balaban J connectivity index is 1.30. The van der Waals surface area contributed by atoms with Gasteiger partial charge in [-0.3, -0.25) is 0 Å². The number of aryl methyl sites for hydroxylation is 4. The molecule has 0 unspecified atom stereocenters. The first-order valence-corrected chi connectivity index (χ1v) is 20.3. The van der Waals surface area contributed by atoms with Gasteiger partial charge < -0.3 is 18.9 Å². The first kappa shape index (κ1) is 39.9. The summed E-state index contributed by atoms with van der Waals surface area (Å²) in [5, 5.41) is 0. The Bertz CT molecular complexity index is 1960. The van der Waals surface area contributed by atoms with Crippen molar-refractivity contribution in [3.63, 3.8) is 0 Å². The molecule has 0 aliphatic heterocycles. The van der Waals surface area contributed by atoms with Crippen molar-refractivity contribution < 1.29 is 23.7 Å². The lowest BCUT2D eigenvalue weighted by Gasteiger charge is -2.34. The summed E-state index contributed by atoms with van der Waals surface area (Å²) in [5.74, 6) is 0.330.